The highest BCUT2D eigenvalue weighted by Crippen LogP contribution is 2.29. The summed E-state index contributed by atoms with van der Waals surface area (Å²) in [7, 11) is 3.10. The minimum Gasteiger partial charge on any atom is -0.493 e. The lowest BCUT2D eigenvalue weighted by atomic mass is 10.1. The summed E-state index contributed by atoms with van der Waals surface area (Å²) in [6.07, 6.45) is 1.79. The van der Waals surface area contributed by atoms with E-state index in [1.807, 2.05) is 0 Å². The quantitative estimate of drug-likeness (QED) is 0.891. The lowest BCUT2D eigenvalue weighted by molar-refractivity contribution is 0.0677. The van der Waals surface area contributed by atoms with Gasteiger partial charge in [-0.3, -0.25) is 4.79 Å². The number of rotatable bonds is 4. The Bertz CT molecular complexity index is 461. The van der Waals surface area contributed by atoms with E-state index in [-0.39, 0.29) is 18.6 Å². The van der Waals surface area contributed by atoms with Crippen LogP contribution < -0.4 is 9.47 Å². The number of nitrogens with zero attached hydrogens (tertiary/aromatic N) is 1. The van der Waals surface area contributed by atoms with E-state index in [1.54, 1.807) is 37.3 Å². The normalized spacial score (nSPS) is 18.5. The van der Waals surface area contributed by atoms with Crippen molar-refractivity contribution >= 4 is 5.91 Å². The van der Waals surface area contributed by atoms with Crippen LogP contribution in [-0.4, -0.2) is 49.3 Å². The summed E-state index contributed by atoms with van der Waals surface area (Å²) in [6.45, 7) is 0.706. The molecular weight excluding hydrogens is 246 g/mol. The smallest absolute Gasteiger partial charge is 0.254 e. The van der Waals surface area contributed by atoms with Crippen molar-refractivity contribution in [3.63, 3.8) is 0 Å². The van der Waals surface area contributed by atoms with Crippen molar-refractivity contribution in [3.8, 4) is 11.5 Å². The second-order valence-corrected chi connectivity index (χ2v) is 4.55. The van der Waals surface area contributed by atoms with Gasteiger partial charge < -0.3 is 19.5 Å². The molecule has 1 aromatic carbocycles. The van der Waals surface area contributed by atoms with Gasteiger partial charge in [0.15, 0.2) is 11.5 Å². The van der Waals surface area contributed by atoms with Crippen LogP contribution in [-0.2, 0) is 0 Å². The van der Waals surface area contributed by atoms with Crippen molar-refractivity contribution in [1.82, 2.24) is 4.90 Å². The van der Waals surface area contributed by atoms with Gasteiger partial charge in [0.2, 0.25) is 0 Å². The highest BCUT2D eigenvalue weighted by Gasteiger charge is 2.29. The topological polar surface area (TPSA) is 59.0 Å². The number of carbonyl (C=O) groups excluding carboxylic acids is 1. The maximum atomic E-state index is 12.4. The Morgan fingerprint density at radius 2 is 2.11 bits per heavy atom. The zero-order valence-electron chi connectivity index (χ0n) is 11.3. The molecule has 5 nitrogen and oxygen atoms in total. The summed E-state index contributed by atoms with van der Waals surface area (Å²) in [5.41, 5.74) is 0.554. The summed E-state index contributed by atoms with van der Waals surface area (Å²) in [5.74, 6) is 1.06. The molecule has 1 saturated heterocycles. The van der Waals surface area contributed by atoms with Crippen LogP contribution in [0.25, 0.3) is 0 Å². The van der Waals surface area contributed by atoms with Gasteiger partial charge >= 0.3 is 0 Å². The highest BCUT2D eigenvalue weighted by molar-refractivity contribution is 5.95. The molecule has 1 aliphatic heterocycles. The molecular formula is C14H19NO4. The number of amides is 1. The fourth-order valence-corrected chi connectivity index (χ4v) is 2.43. The van der Waals surface area contributed by atoms with E-state index in [0.29, 0.717) is 23.6 Å². The van der Waals surface area contributed by atoms with E-state index in [4.69, 9.17) is 9.47 Å². The van der Waals surface area contributed by atoms with Gasteiger partial charge in [0.25, 0.3) is 5.91 Å². The lowest BCUT2D eigenvalue weighted by Gasteiger charge is -2.23. The molecule has 0 radical (unpaired) electrons. The molecule has 1 atom stereocenters. The van der Waals surface area contributed by atoms with Crippen LogP contribution in [0.1, 0.15) is 23.2 Å². The first-order valence-corrected chi connectivity index (χ1v) is 6.35. The molecule has 5 heteroatoms. The number of aliphatic hydroxyl groups excluding tert-OH is 1. The minimum atomic E-state index is -0.0718. The second kappa shape index (κ2) is 5.93. The van der Waals surface area contributed by atoms with Crippen LogP contribution in [0, 0.1) is 0 Å². The number of likely N-dealkylation sites (tertiary alicyclic amines) is 1. The molecule has 1 aromatic rings. The predicted molar refractivity (Wildman–Crippen MR) is 70.7 cm³/mol. The maximum absolute atomic E-state index is 12.4. The first-order chi connectivity index (χ1) is 9.21. The lowest BCUT2D eigenvalue weighted by Crippen LogP contribution is -2.37. The van der Waals surface area contributed by atoms with Gasteiger partial charge in [-0.2, -0.15) is 0 Å². The Labute approximate surface area is 112 Å². The van der Waals surface area contributed by atoms with E-state index in [2.05, 4.69) is 0 Å². The zero-order valence-corrected chi connectivity index (χ0v) is 11.3. The number of hydrogen-bond donors (Lipinski definition) is 1. The van der Waals surface area contributed by atoms with E-state index in [9.17, 15) is 9.90 Å². The molecule has 1 fully saturated rings. The van der Waals surface area contributed by atoms with Gasteiger partial charge in [-0.05, 0) is 31.0 Å². The SMILES string of the molecule is COc1ccc(C(=O)N2CCC[C@H]2CO)cc1OC. The fourth-order valence-electron chi connectivity index (χ4n) is 2.43. The van der Waals surface area contributed by atoms with E-state index in [1.165, 1.54) is 0 Å². The molecule has 1 aliphatic rings. The molecule has 1 N–H and O–H groups in total. The van der Waals surface area contributed by atoms with Crippen molar-refractivity contribution in [1.29, 1.82) is 0 Å². The van der Waals surface area contributed by atoms with Crippen molar-refractivity contribution in [2.45, 2.75) is 18.9 Å². The largest absolute Gasteiger partial charge is 0.493 e. The molecule has 0 aliphatic carbocycles. The van der Waals surface area contributed by atoms with Crippen LogP contribution >= 0.6 is 0 Å². The van der Waals surface area contributed by atoms with Gasteiger partial charge in [0.1, 0.15) is 0 Å². The summed E-state index contributed by atoms with van der Waals surface area (Å²) in [6, 6.07) is 5.04. The van der Waals surface area contributed by atoms with Crippen LogP contribution in [0.3, 0.4) is 0 Å². The summed E-state index contributed by atoms with van der Waals surface area (Å²) in [4.78, 5) is 14.1. The van der Waals surface area contributed by atoms with Gasteiger partial charge in [0.05, 0.1) is 26.9 Å². The van der Waals surface area contributed by atoms with E-state index < -0.39 is 0 Å². The molecule has 0 unspecified atom stereocenters. The minimum absolute atomic E-state index is 0.0129. The third-order valence-electron chi connectivity index (χ3n) is 3.48. The van der Waals surface area contributed by atoms with Crippen LogP contribution in [0.4, 0.5) is 0 Å². The molecule has 1 heterocycles. The number of ether oxygens (including phenoxy) is 2. The van der Waals surface area contributed by atoms with Crippen LogP contribution in [0.15, 0.2) is 18.2 Å². The highest BCUT2D eigenvalue weighted by atomic mass is 16.5. The average molecular weight is 265 g/mol. The van der Waals surface area contributed by atoms with Gasteiger partial charge in [-0.25, -0.2) is 0 Å². The Balaban J connectivity index is 2.24. The Morgan fingerprint density at radius 1 is 1.37 bits per heavy atom. The zero-order chi connectivity index (χ0) is 13.8. The van der Waals surface area contributed by atoms with E-state index >= 15 is 0 Å². The maximum Gasteiger partial charge on any atom is 0.254 e. The second-order valence-electron chi connectivity index (χ2n) is 4.55. The number of aliphatic hydroxyl groups is 1. The van der Waals surface area contributed by atoms with Gasteiger partial charge in [-0.15, -0.1) is 0 Å². The fraction of sp³-hybridized carbons (Fsp3) is 0.500. The molecule has 2 rings (SSSR count). The Kier molecular flexibility index (Phi) is 4.27. The van der Waals surface area contributed by atoms with Crippen LogP contribution in [0.5, 0.6) is 11.5 Å². The summed E-state index contributed by atoms with van der Waals surface area (Å²) >= 11 is 0. The molecule has 0 spiro atoms. The van der Waals surface area contributed by atoms with E-state index in [0.717, 1.165) is 12.8 Å². The van der Waals surface area contributed by atoms with Crippen molar-refractivity contribution in [3.05, 3.63) is 23.8 Å². The molecule has 19 heavy (non-hydrogen) atoms. The number of benzene rings is 1. The third kappa shape index (κ3) is 2.66. The van der Waals surface area contributed by atoms with Crippen LogP contribution in [0.2, 0.25) is 0 Å². The first kappa shape index (κ1) is 13.7. The standard InChI is InChI=1S/C14H19NO4/c1-18-12-6-5-10(8-13(12)19-2)14(17)15-7-3-4-11(15)9-16/h5-6,8,11,16H,3-4,7,9H2,1-2H3/t11-/m0/s1. The average Bonchev–Trinajstić information content (AvgIpc) is 2.94. The molecule has 1 amide bonds. The molecule has 0 bridgehead atoms. The molecule has 0 saturated carbocycles. The molecule has 104 valence electrons. The first-order valence-electron chi connectivity index (χ1n) is 6.35. The monoisotopic (exact) mass is 265 g/mol. The van der Waals surface area contributed by atoms with Crippen molar-refractivity contribution in [2.75, 3.05) is 27.4 Å². The van der Waals surface area contributed by atoms with Gasteiger partial charge in [0, 0.05) is 12.1 Å². The Hall–Kier alpha value is -1.75. The summed E-state index contributed by atoms with van der Waals surface area (Å²) < 4.78 is 10.3. The third-order valence-corrected chi connectivity index (χ3v) is 3.48. The van der Waals surface area contributed by atoms with Crippen molar-refractivity contribution in [2.24, 2.45) is 0 Å². The van der Waals surface area contributed by atoms with Gasteiger partial charge in [-0.1, -0.05) is 0 Å². The Morgan fingerprint density at radius 3 is 2.74 bits per heavy atom. The summed E-state index contributed by atoms with van der Waals surface area (Å²) in [5, 5.41) is 9.28. The van der Waals surface area contributed by atoms with Crippen molar-refractivity contribution < 1.29 is 19.4 Å². The number of carbonyl (C=O) groups is 1. The predicted octanol–water partition coefficient (Wildman–Crippen LogP) is 1.30. The number of hydrogen-bond acceptors (Lipinski definition) is 4. The molecule has 0 aromatic heterocycles. The number of methoxy groups -OCH3 is 2.